The topological polar surface area (TPSA) is 115 Å². The minimum atomic E-state index is -1.36. The van der Waals surface area contributed by atoms with Gasteiger partial charge in [0.25, 0.3) is 0 Å². The SMILES string of the molecule is COCc1ccc(-n2nnnc2-c2cc(Br)cnc2NC(=O)O)c(F)c1F. The molecular formula is C15H11BrF2N6O3. The van der Waals surface area contributed by atoms with Gasteiger partial charge in [0, 0.05) is 23.3 Å². The third-order valence-electron chi connectivity index (χ3n) is 3.46. The van der Waals surface area contributed by atoms with Gasteiger partial charge in [-0.2, -0.15) is 4.68 Å². The molecule has 2 N–H and O–H groups in total. The standard InChI is InChI=1S/C15H11BrF2N6O3/c1-27-6-7-2-3-10(12(18)11(7)17)24-14(21-22-23-24)9-4-8(16)5-19-13(9)20-15(25)26/h2-5H,6H2,1H3,(H,19,20)(H,25,26). The van der Waals surface area contributed by atoms with E-state index in [2.05, 4.69) is 41.8 Å². The summed E-state index contributed by atoms with van der Waals surface area (Å²) in [5, 5.41) is 22.0. The van der Waals surface area contributed by atoms with Crippen molar-refractivity contribution in [2.75, 3.05) is 12.4 Å². The first kappa shape index (κ1) is 18.8. The van der Waals surface area contributed by atoms with E-state index < -0.39 is 17.7 Å². The third-order valence-corrected chi connectivity index (χ3v) is 3.89. The fourth-order valence-electron chi connectivity index (χ4n) is 2.34. The van der Waals surface area contributed by atoms with Crippen LogP contribution in [0.1, 0.15) is 5.56 Å². The van der Waals surface area contributed by atoms with E-state index in [1.54, 1.807) is 0 Å². The van der Waals surface area contributed by atoms with Gasteiger partial charge in [0.05, 0.1) is 12.2 Å². The number of methoxy groups -OCH3 is 1. The van der Waals surface area contributed by atoms with Gasteiger partial charge in [-0.05, 0) is 38.5 Å². The van der Waals surface area contributed by atoms with E-state index in [-0.39, 0.29) is 35.1 Å². The van der Waals surface area contributed by atoms with Crippen LogP contribution in [0.25, 0.3) is 17.1 Å². The van der Waals surface area contributed by atoms with Gasteiger partial charge in [0.1, 0.15) is 11.5 Å². The highest BCUT2D eigenvalue weighted by Crippen LogP contribution is 2.30. The summed E-state index contributed by atoms with van der Waals surface area (Å²) < 4.78 is 35.1. The Hall–Kier alpha value is -2.99. The van der Waals surface area contributed by atoms with Gasteiger partial charge in [0.15, 0.2) is 17.5 Å². The van der Waals surface area contributed by atoms with E-state index in [9.17, 15) is 13.6 Å². The smallest absolute Gasteiger partial charge is 0.410 e. The second-order valence-electron chi connectivity index (χ2n) is 5.20. The molecule has 0 radical (unpaired) electrons. The molecule has 0 saturated heterocycles. The number of ether oxygens (including phenoxy) is 1. The molecule has 0 aliphatic heterocycles. The van der Waals surface area contributed by atoms with Crippen molar-refractivity contribution in [1.29, 1.82) is 0 Å². The highest BCUT2D eigenvalue weighted by molar-refractivity contribution is 9.10. The molecule has 0 aliphatic rings. The van der Waals surface area contributed by atoms with Crippen LogP contribution < -0.4 is 5.32 Å². The van der Waals surface area contributed by atoms with Crippen LogP contribution in [0, 0.1) is 11.6 Å². The number of benzene rings is 1. The molecule has 3 aromatic rings. The number of hydrogen-bond donors (Lipinski definition) is 2. The van der Waals surface area contributed by atoms with E-state index in [1.165, 1.54) is 31.5 Å². The van der Waals surface area contributed by atoms with E-state index in [0.717, 1.165) is 4.68 Å². The number of nitrogens with one attached hydrogen (secondary N) is 1. The van der Waals surface area contributed by atoms with Crippen molar-refractivity contribution >= 4 is 27.8 Å². The minimum absolute atomic E-state index is 0.0331. The molecule has 12 heteroatoms. The highest BCUT2D eigenvalue weighted by atomic mass is 79.9. The fraction of sp³-hybridized carbons (Fsp3) is 0.133. The molecule has 0 atom stereocenters. The Morgan fingerprint density at radius 1 is 1.37 bits per heavy atom. The summed E-state index contributed by atoms with van der Waals surface area (Å²) in [4.78, 5) is 14.9. The molecule has 1 amide bonds. The van der Waals surface area contributed by atoms with Gasteiger partial charge in [-0.15, -0.1) is 5.10 Å². The normalized spacial score (nSPS) is 10.8. The quantitative estimate of drug-likeness (QED) is 0.626. The predicted molar refractivity (Wildman–Crippen MR) is 92.4 cm³/mol. The number of hydrogen-bond acceptors (Lipinski definition) is 6. The maximum Gasteiger partial charge on any atom is 0.410 e. The van der Waals surface area contributed by atoms with Crippen LogP contribution in [0.15, 0.2) is 28.9 Å². The third kappa shape index (κ3) is 3.75. The number of halogens is 3. The number of carbonyl (C=O) groups is 1. The number of nitrogens with zero attached hydrogens (tertiary/aromatic N) is 5. The van der Waals surface area contributed by atoms with Gasteiger partial charge >= 0.3 is 6.09 Å². The molecule has 2 heterocycles. The monoisotopic (exact) mass is 440 g/mol. The van der Waals surface area contributed by atoms with Crippen molar-refractivity contribution < 1.29 is 23.4 Å². The van der Waals surface area contributed by atoms with Crippen LogP contribution in [0.5, 0.6) is 0 Å². The number of tetrazole rings is 1. The van der Waals surface area contributed by atoms with Crippen molar-refractivity contribution in [3.8, 4) is 17.1 Å². The zero-order valence-corrected chi connectivity index (χ0v) is 15.2. The molecule has 0 unspecified atom stereocenters. The summed E-state index contributed by atoms with van der Waals surface area (Å²) in [5.41, 5.74) is -0.0584. The summed E-state index contributed by atoms with van der Waals surface area (Å²) in [6.07, 6.45) is 0.00846. The van der Waals surface area contributed by atoms with E-state index in [1.807, 2.05) is 0 Å². The Morgan fingerprint density at radius 3 is 2.85 bits per heavy atom. The summed E-state index contributed by atoms with van der Waals surface area (Å²) >= 11 is 3.22. The maximum absolute atomic E-state index is 14.6. The Balaban J connectivity index is 2.15. The van der Waals surface area contributed by atoms with Gasteiger partial charge in [-0.1, -0.05) is 6.07 Å². The predicted octanol–water partition coefficient (Wildman–Crippen LogP) is 3.00. The molecule has 0 saturated carbocycles. The van der Waals surface area contributed by atoms with Crippen molar-refractivity contribution in [1.82, 2.24) is 25.2 Å². The van der Waals surface area contributed by atoms with E-state index >= 15 is 0 Å². The number of pyridine rings is 1. The lowest BCUT2D eigenvalue weighted by atomic mass is 10.1. The van der Waals surface area contributed by atoms with Gasteiger partial charge < -0.3 is 9.84 Å². The molecule has 0 spiro atoms. The molecule has 9 nitrogen and oxygen atoms in total. The molecule has 0 fully saturated rings. The molecule has 2 aromatic heterocycles. The van der Waals surface area contributed by atoms with Crippen molar-refractivity contribution in [3.05, 3.63) is 46.1 Å². The van der Waals surface area contributed by atoms with Crippen LogP contribution in [0.3, 0.4) is 0 Å². The van der Waals surface area contributed by atoms with Crippen molar-refractivity contribution in [2.45, 2.75) is 6.61 Å². The van der Waals surface area contributed by atoms with Gasteiger partial charge in [-0.25, -0.2) is 18.6 Å². The van der Waals surface area contributed by atoms with E-state index in [4.69, 9.17) is 9.84 Å². The van der Waals surface area contributed by atoms with Crippen LogP contribution in [0.4, 0.5) is 19.4 Å². The zero-order valence-electron chi connectivity index (χ0n) is 13.7. The number of aromatic nitrogens is 5. The largest absolute Gasteiger partial charge is 0.465 e. The number of carboxylic acid groups (broad SMARTS) is 1. The zero-order chi connectivity index (χ0) is 19.6. The molecule has 27 heavy (non-hydrogen) atoms. The number of rotatable bonds is 5. The second kappa shape index (κ2) is 7.72. The van der Waals surface area contributed by atoms with Crippen molar-refractivity contribution in [2.24, 2.45) is 0 Å². The molecular weight excluding hydrogens is 430 g/mol. The van der Waals surface area contributed by atoms with Crippen molar-refractivity contribution in [3.63, 3.8) is 0 Å². The molecule has 1 aromatic carbocycles. The number of amides is 1. The Kier molecular flexibility index (Phi) is 5.37. The number of anilines is 1. The highest BCUT2D eigenvalue weighted by Gasteiger charge is 2.22. The lowest BCUT2D eigenvalue weighted by Crippen LogP contribution is -2.12. The second-order valence-corrected chi connectivity index (χ2v) is 6.11. The Bertz CT molecular complexity index is 1010. The lowest BCUT2D eigenvalue weighted by Gasteiger charge is -2.11. The molecule has 3 rings (SSSR count). The van der Waals surface area contributed by atoms with Crippen LogP contribution in [0.2, 0.25) is 0 Å². The molecule has 0 aliphatic carbocycles. The van der Waals surface area contributed by atoms with Gasteiger partial charge in [0.2, 0.25) is 0 Å². The van der Waals surface area contributed by atoms with Crippen LogP contribution in [-0.4, -0.2) is 43.5 Å². The van der Waals surface area contributed by atoms with Crippen LogP contribution in [-0.2, 0) is 11.3 Å². The Labute approximate surface area is 159 Å². The van der Waals surface area contributed by atoms with Crippen LogP contribution >= 0.6 is 15.9 Å². The summed E-state index contributed by atoms with van der Waals surface area (Å²) in [7, 11) is 1.36. The summed E-state index contributed by atoms with van der Waals surface area (Å²) in [6, 6.07) is 4.13. The Morgan fingerprint density at radius 2 is 2.15 bits per heavy atom. The average Bonchev–Trinajstić information content (AvgIpc) is 3.10. The fourth-order valence-corrected chi connectivity index (χ4v) is 2.67. The minimum Gasteiger partial charge on any atom is -0.465 e. The maximum atomic E-state index is 14.6. The first-order valence-corrected chi connectivity index (χ1v) is 8.12. The summed E-state index contributed by atoms with van der Waals surface area (Å²) in [6.45, 7) is -0.103. The van der Waals surface area contributed by atoms with E-state index in [0.29, 0.717) is 4.47 Å². The first-order chi connectivity index (χ1) is 12.9. The molecule has 0 bridgehead atoms. The van der Waals surface area contributed by atoms with Gasteiger partial charge in [-0.3, -0.25) is 5.32 Å². The summed E-state index contributed by atoms with van der Waals surface area (Å²) in [5.74, 6) is -2.37. The lowest BCUT2D eigenvalue weighted by molar-refractivity contribution is 0.180. The first-order valence-electron chi connectivity index (χ1n) is 7.32. The molecule has 140 valence electrons. The average molecular weight is 441 g/mol.